The molecule has 1 aromatic carbocycles. The van der Waals surface area contributed by atoms with Gasteiger partial charge in [0.05, 0.1) is 18.9 Å². The Morgan fingerprint density at radius 1 is 1.32 bits per heavy atom. The first kappa shape index (κ1) is 15.4. The Bertz CT molecular complexity index is 585. The summed E-state index contributed by atoms with van der Waals surface area (Å²) in [5.41, 5.74) is 5.28. The van der Waals surface area contributed by atoms with Crippen molar-refractivity contribution in [3.63, 3.8) is 0 Å². The molecule has 2 atom stereocenters. The molecule has 0 unspecified atom stereocenters. The number of hydrazone groups is 1. The monoisotopic (exact) mass is 317 g/mol. The van der Waals surface area contributed by atoms with E-state index in [1.807, 2.05) is 18.2 Å². The van der Waals surface area contributed by atoms with Gasteiger partial charge in [-0.25, -0.2) is 0 Å². The largest absolute Gasteiger partial charge is 0.497 e. The van der Waals surface area contributed by atoms with E-state index < -0.39 is 0 Å². The molecule has 1 fully saturated rings. The highest BCUT2D eigenvalue weighted by Gasteiger charge is 2.22. The molecule has 4 nitrogen and oxygen atoms in total. The minimum atomic E-state index is 0.456. The van der Waals surface area contributed by atoms with Crippen LogP contribution in [-0.2, 0) is 0 Å². The summed E-state index contributed by atoms with van der Waals surface area (Å²) in [7, 11) is 1.69. The predicted molar refractivity (Wildman–Crippen MR) is 94.0 cm³/mol. The minimum Gasteiger partial charge on any atom is -0.497 e. The molecule has 1 aliphatic heterocycles. The van der Waals surface area contributed by atoms with Crippen LogP contribution in [0.1, 0.15) is 38.2 Å². The summed E-state index contributed by atoms with van der Waals surface area (Å²) in [5.74, 6) is 2.40. The summed E-state index contributed by atoms with van der Waals surface area (Å²) >= 11 is 1.74. The normalized spacial score (nSPS) is 27.2. The molecule has 22 heavy (non-hydrogen) atoms. The molecule has 0 bridgehead atoms. The van der Waals surface area contributed by atoms with Gasteiger partial charge in [-0.3, -0.25) is 10.4 Å². The predicted octanol–water partition coefficient (Wildman–Crippen LogP) is 3.67. The molecule has 1 heterocycles. The van der Waals surface area contributed by atoms with E-state index in [1.165, 1.54) is 25.7 Å². The maximum atomic E-state index is 5.27. The van der Waals surface area contributed by atoms with Crippen molar-refractivity contribution in [2.45, 2.75) is 38.6 Å². The van der Waals surface area contributed by atoms with Gasteiger partial charge >= 0.3 is 0 Å². The Balaban J connectivity index is 1.68. The summed E-state index contributed by atoms with van der Waals surface area (Å²) in [6, 6.07) is 8.48. The van der Waals surface area contributed by atoms with Gasteiger partial charge < -0.3 is 4.74 Å². The quantitative estimate of drug-likeness (QED) is 0.925. The first-order chi connectivity index (χ1) is 10.8. The molecule has 0 amide bonds. The lowest BCUT2D eigenvalue weighted by Gasteiger charge is -2.26. The third-order valence-electron chi connectivity index (χ3n) is 4.38. The van der Waals surface area contributed by atoms with Crippen LogP contribution in [-0.4, -0.2) is 29.8 Å². The zero-order valence-corrected chi connectivity index (χ0v) is 14.0. The highest BCUT2D eigenvalue weighted by atomic mass is 32.2. The molecule has 0 aromatic heterocycles. The zero-order valence-electron chi connectivity index (χ0n) is 13.2. The Labute approximate surface area is 136 Å². The van der Waals surface area contributed by atoms with Crippen molar-refractivity contribution in [2.75, 3.05) is 12.9 Å². The molecular weight excluding hydrogens is 294 g/mol. The Morgan fingerprint density at radius 2 is 2.18 bits per heavy atom. The van der Waals surface area contributed by atoms with E-state index >= 15 is 0 Å². The number of thioether (sulfide) groups is 1. The van der Waals surface area contributed by atoms with Crippen molar-refractivity contribution in [1.82, 2.24) is 5.43 Å². The summed E-state index contributed by atoms with van der Waals surface area (Å²) in [6.45, 7) is 2.31. The van der Waals surface area contributed by atoms with Gasteiger partial charge in [0.1, 0.15) is 5.75 Å². The van der Waals surface area contributed by atoms with Gasteiger partial charge in [-0.15, -0.1) is 0 Å². The standard InChI is InChI=1S/C17H23N3OS/c1-12-6-3-4-9-15(12)18-17-20-19-16(11-22-17)13-7-5-8-14(10-13)21-2/h5,7-8,10,12,15H,3-4,6,9,11H2,1-2H3,(H,18,20)/t12-,15-/m0/s1. The van der Waals surface area contributed by atoms with E-state index in [0.29, 0.717) is 12.0 Å². The van der Waals surface area contributed by atoms with Crippen LogP contribution in [0, 0.1) is 5.92 Å². The summed E-state index contributed by atoms with van der Waals surface area (Å²) in [4.78, 5) is 4.87. The van der Waals surface area contributed by atoms with E-state index in [4.69, 9.17) is 9.73 Å². The number of hydrogen-bond donors (Lipinski definition) is 1. The zero-order chi connectivity index (χ0) is 15.4. The third kappa shape index (κ3) is 3.64. The Kier molecular flexibility index (Phi) is 5.03. The van der Waals surface area contributed by atoms with Crippen LogP contribution in [0.3, 0.4) is 0 Å². The second-order valence-electron chi connectivity index (χ2n) is 5.95. The lowest BCUT2D eigenvalue weighted by molar-refractivity contribution is 0.333. The second-order valence-corrected chi connectivity index (χ2v) is 6.92. The summed E-state index contributed by atoms with van der Waals surface area (Å²) < 4.78 is 5.27. The van der Waals surface area contributed by atoms with E-state index in [1.54, 1.807) is 18.9 Å². The molecule has 0 spiro atoms. The molecule has 1 N–H and O–H groups in total. The number of aliphatic imine (C=N–C) groups is 1. The first-order valence-corrected chi connectivity index (χ1v) is 8.92. The number of ether oxygens (including phenoxy) is 1. The molecule has 0 radical (unpaired) electrons. The smallest absolute Gasteiger partial charge is 0.177 e. The van der Waals surface area contributed by atoms with Crippen LogP contribution in [0.5, 0.6) is 5.75 Å². The van der Waals surface area contributed by atoms with Crippen molar-refractivity contribution in [3.05, 3.63) is 29.8 Å². The molecule has 1 saturated carbocycles. The van der Waals surface area contributed by atoms with Gasteiger partial charge in [-0.05, 0) is 30.9 Å². The Morgan fingerprint density at radius 3 is 2.91 bits per heavy atom. The summed E-state index contributed by atoms with van der Waals surface area (Å²) in [5, 5.41) is 5.47. The SMILES string of the molecule is COc1cccc(C2=NNC(=N[C@H]3CCCC[C@@H]3C)SC2)c1. The molecule has 3 rings (SSSR count). The van der Waals surface area contributed by atoms with Crippen LogP contribution in [0.2, 0.25) is 0 Å². The van der Waals surface area contributed by atoms with Gasteiger partial charge in [-0.2, -0.15) is 5.10 Å². The maximum Gasteiger partial charge on any atom is 0.177 e. The fourth-order valence-corrected chi connectivity index (χ4v) is 3.80. The molecule has 1 aliphatic carbocycles. The van der Waals surface area contributed by atoms with Crippen LogP contribution < -0.4 is 10.2 Å². The number of benzene rings is 1. The van der Waals surface area contributed by atoms with Gasteiger partial charge in [0.25, 0.3) is 0 Å². The summed E-state index contributed by atoms with van der Waals surface area (Å²) in [6.07, 6.45) is 5.15. The Hall–Kier alpha value is -1.49. The molecular formula is C17H23N3OS. The number of methoxy groups -OCH3 is 1. The van der Waals surface area contributed by atoms with Gasteiger partial charge in [0.15, 0.2) is 5.17 Å². The van der Waals surface area contributed by atoms with Crippen LogP contribution in [0.15, 0.2) is 34.4 Å². The number of hydrogen-bond acceptors (Lipinski definition) is 4. The van der Waals surface area contributed by atoms with Gasteiger partial charge in [0.2, 0.25) is 0 Å². The highest BCUT2D eigenvalue weighted by Crippen LogP contribution is 2.27. The average molecular weight is 317 g/mol. The van der Waals surface area contributed by atoms with Gasteiger partial charge in [0, 0.05) is 11.3 Å². The van der Waals surface area contributed by atoms with E-state index in [0.717, 1.165) is 27.9 Å². The number of nitrogens with one attached hydrogen (secondary N) is 1. The van der Waals surface area contributed by atoms with E-state index in [-0.39, 0.29) is 0 Å². The first-order valence-electron chi connectivity index (χ1n) is 7.94. The molecule has 5 heteroatoms. The van der Waals surface area contributed by atoms with Crippen molar-refractivity contribution in [2.24, 2.45) is 16.0 Å². The third-order valence-corrected chi connectivity index (χ3v) is 5.27. The molecule has 1 aromatic rings. The number of amidine groups is 1. The van der Waals surface area contributed by atoms with E-state index in [2.05, 4.69) is 23.5 Å². The second kappa shape index (κ2) is 7.18. The highest BCUT2D eigenvalue weighted by molar-refractivity contribution is 8.14. The fourth-order valence-electron chi connectivity index (χ4n) is 2.97. The van der Waals surface area contributed by atoms with Crippen LogP contribution >= 0.6 is 11.8 Å². The lowest BCUT2D eigenvalue weighted by Crippen LogP contribution is -2.29. The van der Waals surface area contributed by atoms with Crippen molar-refractivity contribution < 1.29 is 4.74 Å². The topological polar surface area (TPSA) is 46.0 Å². The van der Waals surface area contributed by atoms with Crippen LogP contribution in [0.25, 0.3) is 0 Å². The lowest BCUT2D eigenvalue weighted by atomic mass is 9.86. The van der Waals surface area contributed by atoms with Crippen molar-refractivity contribution in [3.8, 4) is 5.75 Å². The molecule has 0 saturated heterocycles. The number of rotatable bonds is 3. The fraction of sp³-hybridized carbons (Fsp3) is 0.529. The van der Waals surface area contributed by atoms with Crippen molar-refractivity contribution in [1.29, 1.82) is 0 Å². The van der Waals surface area contributed by atoms with Gasteiger partial charge in [-0.1, -0.05) is 43.7 Å². The van der Waals surface area contributed by atoms with E-state index in [9.17, 15) is 0 Å². The molecule has 118 valence electrons. The molecule has 2 aliphatic rings. The average Bonchev–Trinajstić information content (AvgIpc) is 2.58. The van der Waals surface area contributed by atoms with Crippen LogP contribution in [0.4, 0.5) is 0 Å². The minimum absolute atomic E-state index is 0.456. The van der Waals surface area contributed by atoms with Crippen molar-refractivity contribution >= 4 is 22.6 Å². The number of nitrogens with zero attached hydrogens (tertiary/aromatic N) is 2. The maximum absolute atomic E-state index is 5.27.